The second-order valence-corrected chi connectivity index (χ2v) is 5.52. The second-order valence-electron chi connectivity index (χ2n) is 5.52. The van der Waals surface area contributed by atoms with Crippen molar-refractivity contribution in [2.75, 3.05) is 13.1 Å². The molecule has 1 aromatic rings. The quantitative estimate of drug-likeness (QED) is 0.420. The molecule has 1 heterocycles. The predicted octanol–water partition coefficient (Wildman–Crippen LogP) is 0.140. The molecule has 21 heavy (non-hydrogen) atoms. The molecule has 0 aromatic heterocycles. The first-order chi connectivity index (χ1) is 9.86. The molecule has 0 aliphatic carbocycles. The van der Waals surface area contributed by atoms with Gasteiger partial charge >= 0.3 is 0 Å². The maximum Gasteiger partial charge on any atom is 0.265 e. The number of hydrazine groups is 1. The molecule has 0 unspecified atom stereocenters. The fourth-order valence-corrected chi connectivity index (χ4v) is 2.35. The normalized spacial score (nSPS) is 18.2. The summed E-state index contributed by atoms with van der Waals surface area (Å²) >= 11 is 0. The maximum atomic E-state index is 14.0. The molecule has 0 atom stereocenters. The van der Waals surface area contributed by atoms with Gasteiger partial charge in [0, 0.05) is 30.8 Å². The Morgan fingerprint density at radius 1 is 1.52 bits per heavy atom. The van der Waals surface area contributed by atoms with Gasteiger partial charge in [-0.05, 0) is 32.0 Å². The molecule has 2 rings (SSSR count). The highest BCUT2D eigenvalue weighted by molar-refractivity contribution is 5.93. The van der Waals surface area contributed by atoms with Gasteiger partial charge in [-0.15, -0.1) is 0 Å². The minimum Gasteiger partial charge on any atom is -0.353 e. The van der Waals surface area contributed by atoms with Crippen LogP contribution >= 0.6 is 0 Å². The highest BCUT2D eigenvalue weighted by Gasteiger charge is 2.37. The van der Waals surface area contributed by atoms with Crippen LogP contribution in [0.15, 0.2) is 18.2 Å². The molecule has 0 saturated carbocycles. The van der Waals surface area contributed by atoms with Crippen molar-refractivity contribution in [2.45, 2.75) is 25.9 Å². The van der Waals surface area contributed by atoms with E-state index in [1.54, 1.807) is 13.8 Å². The molecule has 114 valence electrons. The van der Waals surface area contributed by atoms with Crippen molar-refractivity contribution in [3.8, 4) is 0 Å². The van der Waals surface area contributed by atoms with Crippen LogP contribution in [0.5, 0.6) is 0 Å². The maximum absolute atomic E-state index is 14.0. The van der Waals surface area contributed by atoms with Gasteiger partial charge in [-0.1, -0.05) is 0 Å². The molecule has 0 spiro atoms. The third-order valence-corrected chi connectivity index (χ3v) is 3.81. The van der Waals surface area contributed by atoms with Gasteiger partial charge in [-0.3, -0.25) is 19.9 Å². The molecule has 1 aliphatic heterocycles. The number of nitrogens with two attached hydrogens (primary N) is 1. The van der Waals surface area contributed by atoms with Gasteiger partial charge in [0.15, 0.2) is 0 Å². The van der Waals surface area contributed by atoms with E-state index in [1.807, 2.05) is 10.3 Å². The number of rotatable bonds is 3. The van der Waals surface area contributed by atoms with Crippen LogP contribution in [-0.2, 0) is 11.3 Å². The van der Waals surface area contributed by atoms with E-state index < -0.39 is 17.3 Å². The van der Waals surface area contributed by atoms with Crippen LogP contribution in [0, 0.1) is 5.82 Å². The molecule has 2 amide bonds. The Bertz CT molecular complexity index is 574. The summed E-state index contributed by atoms with van der Waals surface area (Å²) < 4.78 is 14.0. The molecule has 0 radical (unpaired) electrons. The van der Waals surface area contributed by atoms with Crippen molar-refractivity contribution in [1.82, 2.24) is 15.6 Å². The Morgan fingerprint density at radius 2 is 2.24 bits per heavy atom. The van der Waals surface area contributed by atoms with Gasteiger partial charge < -0.3 is 5.32 Å². The molecule has 4 N–H and O–H groups in total. The molecule has 7 heteroatoms. The number of amides is 2. The molecule has 1 fully saturated rings. The zero-order valence-electron chi connectivity index (χ0n) is 12.1. The van der Waals surface area contributed by atoms with Gasteiger partial charge in [0.2, 0.25) is 5.91 Å². The summed E-state index contributed by atoms with van der Waals surface area (Å²) in [7, 11) is 0. The van der Waals surface area contributed by atoms with Gasteiger partial charge in [0.25, 0.3) is 5.91 Å². The number of benzene rings is 1. The smallest absolute Gasteiger partial charge is 0.265 e. The van der Waals surface area contributed by atoms with E-state index in [9.17, 15) is 14.0 Å². The lowest BCUT2D eigenvalue weighted by molar-refractivity contribution is -0.135. The number of nitrogen functional groups attached to an aromatic ring is 1. The largest absolute Gasteiger partial charge is 0.353 e. The van der Waals surface area contributed by atoms with E-state index in [2.05, 4.69) is 5.32 Å². The van der Waals surface area contributed by atoms with E-state index in [-0.39, 0.29) is 18.0 Å². The third-order valence-electron chi connectivity index (χ3n) is 3.81. The monoisotopic (exact) mass is 294 g/mol. The molecule has 0 bridgehead atoms. The van der Waals surface area contributed by atoms with E-state index in [0.29, 0.717) is 18.7 Å². The zero-order valence-corrected chi connectivity index (χ0v) is 12.1. The summed E-state index contributed by atoms with van der Waals surface area (Å²) in [5.74, 6) is 4.10. The van der Waals surface area contributed by atoms with Crippen molar-refractivity contribution >= 4 is 11.8 Å². The van der Waals surface area contributed by atoms with E-state index in [4.69, 9.17) is 5.84 Å². The summed E-state index contributed by atoms with van der Waals surface area (Å²) in [4.78, 5) is 25.3. The summed E-state index contributed by atoms with van der Waals surface area (Å²) in [6.07, 6.45) is 0. The van der Waals surface area contributed by atoms with Crippen LogP contribution in [-0.4, -0.2) is 35.3 Å². The molecule has 1 aromatic carbocycles. The van der Waals surface area contributed by atoms with E-state index in [0.717, 1.165) is 0 Å². The van der Waals surface area contributed by atoms with Crippen LogP contribution in [0.2, 0.25) is 0 Å². The van der Waals surface area contributed by atoms with Crippen LogP contribution in [0.4, 0.5) is 4.39 Å². The van der Waals surface area contributed by atoms with Gasteiger partial charge in [0.05, 0.1) is 5.54 Å². The first-order valence-electron chi connectivity index (χ1n) is 6.69. The molecule has 1 aliphatic rings. The van der Waals surface area contributed by atoms with Gasteiger partial charge in [0.1, 0.15) is 5.82 Å². The topological polar surface area (TPSA) is 87.5 Å². The molecule has 1 saturated heterocycles. The van der Waals surface area contributed by atoms with Crippen molar-refractivity contribution in [3.05, 3.63) is 35.1 Å². The first kappa shape index (κ1) is 15.4. The van der Waals surface area contributed by atoms with Crippen molar-refractivity contribution in [1.29, 1.82) is 0 Å². The minimum atomic E-state index is -0.725. The van der Waals surface area contributed by atoms with E-state index >= 15 is 0 Å². The SMILES string of the molecule is CC1(C)C(=O)NCCN1Cc1cc(C(=O)NN)ccc1F. The molecular weight excluding hydrogens is 275 g/mol. The minimum absolute atomic E-state index is 0.0926. The summed E-state index contributed by atoms with van der Waals surface area (Å²) in [6, 6.07) is 4.06. The summed E-state index contributed by atoms with van der Waals surface area (Å²) in [5, 5.41) is 2.79. The molecule has 6 nitrogen and oxygen atoms in total. The Morgan fingerprint density at radius 3 is 2.90 bits per heavy atom. The Labute approximate surface area is 122 Å². The lowest BCUT2D eigenvalue weighted by Gasteiger charge is -2.41. The highest BCUT2D eigenvalue weighted by Crippen LogP contribution is 2.22. The average Bonchev–Trinajstić information content (AvgIpc) is 2.45. The van der Waals surface area contributed by atoms with Crippen LogP contribution in [0.25, 0.3) is 0 Å². The Kier molecular flexibility index (Phi) is 4.24. The van der Waals surface area contributed by atoms with Crippen LogP contribution in [0.1, 0.15) is 29.8 Å². The molecular formula is C14H19FN4O2. The Hall–Kier alpha value is -1.99. The lowest BCUT2D eigenvalue weighted by atomic mass is 9.97. The number of nitrogens with one attached hydrogen (secondary N) is 2. The fraction of sp³-hybridized carbons (Fsp3) is 0.429. The second kappa shape index (κ2) is 5.79. The van der Waals surface area contributed by atoms with Crippen molar-refractivity contribution in [2.24, 2.45) is 5.84 Å². The lowest BCUT2D eigenvalue weighted by Crippen LogP contribution is -2.61. The predicted molar refractivity (Wildman–Crippen MR) is 75.6 cm³/mol. The number of nitrogens with zero attached hydrogens (tertiary/aromatic N) is 1. The summed E-state index contributed by atoms with van der Waals surface area (Å²) in [6.45, 7) is 4.96. The Balaban J connectivity index is 2.26. The third kappa shape index (κ3) is 3.03. The number of hydrogen-bond donors (Lipinski definition) is 3. The number of carbonyl (C=O) groups is 2. The van der Waals surface area contributed by atoms with Crippen LogP contribution < -0.4 is 16.6 Å². The van der Waals surface area contributed by atoms with Gasteiger partial charge in [-0.2, -0.15) is 0 Å². The number of carbonyl (C=O) groups excluding carboxylic acids is 2. The van der Waals surface area contributed by atoms with E-state index in [1.165, 1.54) is 18.2 Å². The summed E-state index contributed by atoms with van der Waals surface area (Å²) in [5.41, 5.74) is 1.94. The number of piperazine rings is 1. The first-order valence-corrected chi connectivity index (χ1v) is 6.69. The zero-order chi connectivity index (χ0) is 15.6. The van der Waals surface area contributed by atoms with Crippen molar-refractivity contribution in [3.63, 3.8) is 0 Å². The fourth-order valence-electron chi connectivity index (χ4n) is 2.35. The average molecular weight is 294 g/mol. The number of hydrogen-bond acceptors (Lipinski definition) is 4. The van der Waals surface area contributed by atoms with Gasteiger partial charge in [-0.25, -0.2) is 10.2 Å². The number of halogens is 1. The standard InChI is InChI=1S/C14H19FN4O2/c1-14(2)13(21)17-5-6-19(14)8-10-7-9(12(20)18-16)3-4-11(10)15/h3-4,7H,5-6,8,16H2,1-2H3,(H,17,21)(H,18,20). The highest BCUT2D eigenvalue weighted by atomic mass is 19.1. The van der Waals surface area contributed by atoms with Crippen LogP contribution in [0.3, 0.4) is 0 Å². The van der Waals surface area contributed by atoms with Crippen molar-refractivity contribution < 1.29 is 14.0 Å².